The third kappa shape index (κ3) is 8.12. The molecule has 0 bridgehead atoms. The molecule has 2 aromatic carbocycles. The van der Waals surface area contributed by atoms with E-state index in [1.165, 1.54) is 6.33 Å². The summed E-state index contributed by atoms with van der Waals surface area (Å²) in [6.07, 6.45) is 7.45. The summed E-state index contributed by atoms with van der Waals surface area (Å²) >= 11 is 0. The molecule has 1 aliphatic rings. The number of allylic oxidation sites excluding steroid dienone is 1. The quantitative estimate of drug-likeness (QED) is 0.153. The molecular formula is C34H39N7O4. The summed E-state index contributed by atoms with van der Waals surface area (Å²) in [4.78, 5) is 39.4. The van der Waals surface area contributed by atoms with Gasteiger partial charge >= 0.3 is 5.97 Å². The molecule has 4 aromatic rings. The summed E-state index contributed by atoms with van der Waals surface area (Å²) < 4.78 is 6.14. The number of carbonyl (C=O) groups excluding carboxylic acids is 1. The number of carbonyl (C=O) groups is 2. The Morgan fingerprint density at radius 3 is 2.58 bits per heavy atom. The minimum atomic E-state index is -0.975. The molecule has 1 unspecified atom stereocenters. The van der Waals surface area contributed by atoms with E-state index in [2.05, 4.69) is 35.8 Å². The number of carboxylic acid groups (broad SMARTS) is 1. The van der Waals surface area contributed by atoms with Crippen LogP contribution in [0.5, 0.6) is 11.5 Å². The summed E-state index contributed by atoms with van der Waals surface area (Å²) in [7, 11) is 0. The van der Waals surface area contributed by atoms with Crippen LogP contribution in [0.15, 0.2) is 73.2 Å². The van der Waals surface area contributed by atoms with Crippen molar-refractivity contribution in [3.05, 3.63) is 84.3 Å². The molecule has 1 atom stereocenters. The molecule has 3 heterocycles. The Morgan fingerprint density at radius 1 is 1.09 bits per heavy atom. The van der Waals surface area contributed by atoms with Gasteiger partial charge in [-0.05, 0) is 79.3 Å². The van der Waals surface area contributed by atoms with E-state index in [1.807, 2.05) is 45.0 Å². The highest BCUT2D eigenvalue weighted by molar-refractivity contribution is 5.94. The fraction of sp³-hybridized carbons (Fsp3) is 0.324. The molecule has 2 aromatic heterocycles. The van der Waals surface area contributed by atoms with Crippen LogP contribution in [0, 0.1) is 12.3 Å². The van der Waals surface area contributed by atoms with E-state index >= 15 is 0 Å². The highest BCUT2D eigenvalue weighted by atomic mass is 16.5. The van der Waals surface area contributed by atoms with Crippen molar-refractivity contribution in [3.8, 4) is 11.5 Å². The second-order valence-corrected chi connectivity index (χ2v) is 11.5. The zero-order valence-corrected chi connectivity index (χ0v) is 25.8. The molecule has 1 aliphatic heterocycles. The van der Waals surface area contributed by atoms with Crippen molar-refractivity contribution >= 4 is 40.1 Å². The van der Waals surface area contributed by atoms with E-state index in [4.69, 9.17) is 9.84 Å². The Kier molecular flexibility index (Phi) is 9.89. The first-order valence-electron chi connectivity index (χ1n) is 15.1. The number of fused-ring (bicyclic) bond motifs is 1. The molecule has 11 nitrogen and oxygen atoms in total. The van der Waals surface area contributed by atoms with Gasteiger partial charge in [-0.1, -0.05) is 19.9 Å². The van der Waals surface area contributed by atoms with Crippen LogP contribution in [-0.2, 0) is 4.79 Å². The first kappa shape index (κ1) is 31.4. The third-order valence-electron chi connectivity index (χ3n) is 8.13. The van der Waals surface area contributed by atoms with Crippen LogP contribution in [0.4, 0.5) is 17.3 Å². The molecule has 234 valence electrons. The maximum atomic E-state index is 12.8. The number of aryl methyl sites for hydroxylation is 1. The van der Waals surface area contributed by atoms with Gasteiger partial charge in [0.25, 0.3) is 5.91 Å². The first-order chi connectivity index (χ1) is 21.7. The number of aromatic nitrogens is 3. The fourth-order valence-corrected chi connectivity index (χ4v) is 5.08. The Morgan fingerprint density at radius 2 is 1.87 bits per heavy atom. The van der Waals surface area contributed by atoms with Crippen molar-refractivity contribution in [2.24, 2.45) is 5.41 Å². The predicted octanol–water partition coefficient (Wildman–Crippen LogP) is 5.46. The molecular weight excluding hydrogens is 570 g/mol. The monoisotopic (exact) mass is 609 g/mol. The minimum Gasteiger partial charge on any atom is -0.478 e. The van der Waals surface area contributed by atoms with Gasteiger partial charge in [0.2, 0.25) is 0 Å². The number of benzene rings is 2. The van der Waals surface area contributed by atoms with Crippen LogP contribution in [-0.4, -0.2) is 64.7 Å². The Hall–Kier alpha value is -5.03. The van der Waals surface area contributed by atoms with Gasteiger partial charge in [-0.2, -0.15) is 0 Å². The molecule has 1 saturated heterocycles. The minimum absolute atomic E-state index is 0.192. The third-order valence-corrected chi connectivity index (χ3v) is 8.13. The molecule has 0 spiro atoms. The second-order valence-electron chi connectivity index (χ2n) is 11.5. The van der Waals surface area contributed by atoms with Gasteiger partial charge in [0.1, 0.15) is 29.5 Å². The van der Waals surface area contributed by atoms with E-state index in [0.717, 1.165) is 66.6 Å². The predicted molar refractivity (Wildman–Crippen MR) is 176 cm³/mol. The van der Waals surface area contributed by atoms with Crippen molar-refractivity contribution in [2.75, 3.05) is 42.9 Å². The Balaban J connectivity index is 1.21. The van der Waals surface area contributed by atoms with Gasteiger partial charge in [0.15, 0.2) is 0 Å². The lowest BCUT2D eigenvalue weighted by Crippen LogP contribution is -2.43. The lowest BCUT2D eigenvalue weighted by molar-refractivity contribution is -0.131. The number of amides is 1. The molecule has 5 rings (SSSR count). The van der Waals surface area contributed by atoms with Gasteiger partial charge in [-0.3, -0.25) is 4.79 Å². The van der Waals surface area contributed by atoms with Crippen molar-refractivity contribution < 1.29 is 19.4 Å². The number of carboxylic acids is 1. The van der Waals surface area contributed by atoms with Crippen molar-refractivity contribution in [2.45, 2.75) is 33.6 Å². The van der Waals surface area contributed by atoms with E-state index in [1.54, 1.807) is 36.5 Å². The van der Waals surface area contributed by atoms with Gasteiger partial charge in [0.05, 0.1) is 11.7 Å². The lowest BCUT2D eigenvalue weighted by atomic mass is 9.83. The summed E-state index contributed by atoms with van der Waals surface area (Å²) in [5.74, 6) is 1.76. The molecule has 1 fully saturated rings. The van der Waals surface area contributed by atoms with Crippen molar-refractivity contribution in [1.29, 1.82) is 0 Å². The Labute approximate surface area is 262 Å². The zero-order chi connectivity index (χ0) is 31.8. The number of pyridine rings is 1. The normalized spacial score (nSPS) is 14.7. The zero-order valence-electron chi connectivity index (χ0n) is 25.8. The van der Waals surface area contributed by atoms with E-state index in [9.17, 15) is 9.59 Å². The number of ether oxygens (including phenoxy) is 1. The van der Waals surface area contributed by atoms with Crippen LogP contribution < -0.4 is 25.6 Å². The average molecular weight is 610 g/mol. The van der Waals surface area contributed by atoms with Gasteiger partial charge < -0.3 is 30.7 Å². The standard InChI is InChI=1S/C34H39N7O4/c1-4-34(3,13-5-6-31(42)43)21-37-33(44)24-7-10-26(11-8-24)45-29-12-9-25(18-23(29)2)40-32-27-19-30(41-16-14-35-15-17-41)36-20-28(27)38-22-39-32/h5-12,18-20,22,35H,4,13-17,21H2,1-3H3,(H,37,44)(H,42,43)(H,38,39,40)/b6-5+. The van der Waals surface area contributed by atoms with Crippen LogP contribution in [0.3, 0.4) is 0 Å². The average Bonchev–Trinajstić information content (AvgIpc) is 3.05. The molecule has 1 amide bonds. The van der Waals surface area contributed by atoms with Gasteiger partial charge in [-0.25, -0.2) is 19.7 Å². The highest BCUT2D eigenvalue weighted by Gasteiger charge is 2.22. The SMILES string of the molecule is CCC(C)(C/C=C/C(=O)O)CNC(=O)c1ccc(Oc2ccc(Nc3ncnc4cnc(N5CCNCC5)cc34)cc2C)cc1. The van der Waals surface area contributed by atoms with Gasteiger partial charge in [0, 0.05) is 55.4 Å². The number of aliphatic carboxylic acids is 1. The van der Waals surface area contributed by atoms with E-state index in [-0.39, 0.29) is 11.3 Å². The number of rotatable bonds is 12. The number of piperazine rings is 1. The van der Waals surface area contributed by atoms with Crippen LogP contribution in [0.1, 0.15) is 42.6 Å². The van der Waals surface area contributed by atoms with Gasteiger partial charge in [-0.15, -0.1) is 0 Å². The molecule has 0 radical (unpaired) electrons. The number of nitrogens with one attached hydrogen (secondary N) is 3. The van der Waals surface area contributed by atoms with Crippen molar-refractivity contribution in [3.63, 3.8) is 0 Å². The fourth-order valence-electron chi connectivity index (χ4n) is 5.08. The molecule has 0 aliphatic carbocycles. The summed E-state index contributed by atoms with van der Waals surface area (Å²) in [6.45, 7) is 10.1. The lowest BCUT2D eigenvalue weighted by Gasteiger charge is -2.28. The maximum Gasteiger partial charge on any atom is 0.327 e. The van der Waals surface area contributed by atoms with E-state index < -0.39 is 5.97 Å². The van der Waals surface area contributed by atoms with E-state index in [0.29, 0.717) is 35.8 Å². The molecule has 11 heteroatoms. The molecule has 4 N–H and O–H groups in total. The van der Waals surface area contributed by atoms with Crippen LogP contribution >= 0.6 is 0 Å². The number of hydrogen-bond acceptors (Lipinski definition) is 9. The topological polar surface area (TPSA) is 142 Å². The van der Waals surface area contributed by atoms with Crippen molar-refractivity contribution in [1.82, 2.24) is 25.6 Å². The Bertz CT molecular complexity index is 1690. The van der Waals surface area contributed by atoms with Crippen LogP contribution in [0.25, 0.3) is 10.9 Å². The summed E-state index contributed by atoms with van der Waals surface area (Å²) in [6, 6.07) is 14.9. The van der Waals surface area contributed by atoms with Crippen LogP contribution in [0.2, 0.25) is 0 Å². The maximum absolute atomic E-state index is 12.8. The molecule has 45 heavy (non-hydrogen) atoms. The number of hydrogen-bond donors (Lipinski definition) is 4. The second kappa shape index (κ2) is 14.2. The summed E-state index contributed by atoms with van der Waals surface area (Å²) in [5, 5.41) is 19.5. The molecule has 0 saturated carbocycles. The number of nitrogens with zero attached hydrogens (tertiary/aromatic N) is 4. The summed E-state index contributed by atoms with van der Waals surface area (Å²) in [5.41, 5.74) is 2.84. The number of anilines is 3. The smallest absolute Gasteiger partial charge is 0.327 e. The first-order valence-corrected chi connectivity index (χ1v) is 15.1. The highest BCUT2D eigenvalue weighted by Crippen LogP contribution is 2.31. The largest absolute Gasteiger partial charge is 0.478 e.